The number of hydrogen-bond donors (Lipinski definition) is 0. The van der Waals surface area contributed by atoms with Crippen LogP contribution in [-0.2, 0) is 14.3 Å². The molecule has 0 aromatic rings. The van der Waals surface area contributed by atoms with Crippen molar-refractivity contribution in [2.45, 2.75) is 41.0 Å². The standard InChI is InChI=1S/C12H22O3/c1-6-14-10(9-12(3,4)5)8-11(13)15-7-2/h8H,6-7,9H2,1-5H3/b10-8-. The van der Waals surface area contributed by atoms with E-state index >= 15 is 0 Å². The topological polar surface area (TPSA) is 35.5 Å². The van der Waals surface area contributed by atoms with Gasteiger partial charge in [0.15, 0.2) is 0 Å². The molecule has 0 unspecified atom stereocenters. The lowest BCUT2D eigenvalue weighted by atomic mass is 9.91. The molecule has 0 spiro atoms. The number of esters is 1. The van der Waals surface area contributed by atoms with E-state index in [1.54, 1.807) is 6.92 Å². The highest BCUT2D eigenvalue weighted by atomic mass is 16.5. The minimum absolute atomic E-state index is 0.105. The van der Waals surface area contributed by atoms with E-state index in [0.29, 0.717) is 19.0 Å². The van der Waals surface area contributed by atoms with Crippen molar-refractivity contribution in [2.24, 2.45) is 5.41 Å². The summed E-state index contributed by atoms with van der Waals surface area (Å²) in [5.74, 6) is 0.369. The van der Waals surface area contributed by atoms with Gasteiger partial charge in [-0.25, -0.2) is 4.79 Å². The zero-order chi connectivity index (χ0) is 11.9. The molecule has 0 amide bonds. The van der Waals surface area contributed by atoms with Crippen LogP contribution < -0.4 is 0 Å². The number of ether oxygens (including phenoxy) is 2. The molecule has 0 N–H and O–H groups in total. The Labute approximate surface area is 92.5 Å². The molecule has 3 nitrogen and oxygen atoms in total. The van der Waals surface area contributed by atoms with Crippen LogP contribution in [-0.4, -0.2) is 19.2 Å². The summed E-state index contributed by atoms with van der Waals surface area (Å²) in [7, 11) is 0. The second-order valence-electron chi connectivity index (χ2n) is 4.53. The maximum atomic E-state index is 11.2. The van der Waals surface area contributed by atoms with E-state index in [1.807, 2.05) is 6.92 Å². The van der Waals surface area contributed by atoms with Crippen molar-refractivity contribution < 1.29 is 14.3 Å². The summed E-state index contributed by atoms with van der Waals surface area (Å²) in [5, 5.41) is 0. The van der Waals surface area contributed by atoms with Crippen LogP contribution in [0.3, 0.4) is 0 Å². The van der Waals surface area contributed by atoms with Gasteiger partial charge in [-0.3, -0.25) is 0 Å². The molecule has 88 valence electrons. The third kappa shape index (κ3) is 8.03. The molecular formula is C12H22O3. The monoisotopic (exact) mass is 214 g/mol. The van der Waals surface area contributed by atoms with Crippen molar-refractivity contribution in [1.82, 2.24) is 0 Å². The van der Waals surface area contributed by atoms with E-state index in [4.69, 9.17) is 9.47 Å². The van der Waals surface area contributed by atoms with Gasteiger partial charge in [-0.05, 0) is 19.3 Å². The molecule has 0 rings (SSSR count). The Morgan fingerprint density at radius 2 is 1.67 bits per heavy atom. The van der Waals surface area contributed by atoms with Gasteiger partial charge in [0.2, 0.25) is 0 Å². The zero-order valence-corrected chi connectivity index (χ0v) is 10.4. The van der Waals surface area contributed by atoms with E-state index in [0.717, 1.165) is 6.42 Å². The van der Waals surface area contributed by atoms with Gasteiger partial charge in [0.1, 0.15) is 5.76 Å². The lowest BCUT2D eigenvalue weighted by Gasteiger charge is -2.20. The first-order chi connectivity index (χ1) is 6.89. The first-order valence-electron chi connectivity index (χ1n) is 5.39. The summed E-state index contributed by atoms with van der Waals surface area (Å²) in [6.07, 6.45) is 2.18. The Hall–Kier alpha value is -0.990. The van der Waals surface area contributed by atoms with Crippen LogP contribution in [0.15, 0.2) is 11.8 Å². The van der Waals surface area contributed by atoms with Crippen LogP contribution in [0.5, 0.6) is 0 Å². The normalized spacial score (nSPS) is 12.5. The van der Waals surface area contributed by atoms with Crippen molar-refractivity contribution in [3.8, 4) is 0 Å². The van der Waals surface area contributed by atoms with Crippen molar-refractivity contribution in [3.63, 3.8) is 0 Å². The lowest BCUT2D eigenvalue weighted by Crippen LogP contribution is -2.10. The van der Waals surface area contributed by atoms with Crippen LogP contribution in [0.2, 0.25) is 0 Å². The molecule has 0 aliphatic rings. The van der Waals surface area contributed by atoms with Crippen LogP contribution in [0, 0.1) is 5.41 Å². The molecule has 15 heavy (non-hydrogen) atoms. The number of carbonyl (C=O) groups is 1. The van der Waals surface area contributed by atoms with E-state index < -0.39 is 0 Å². The average Bonchev–Trinajstić information content (AvgIpc) is 2.01. The molecule has 0 aliphatic carbocycles. The van der Waals surface area contributed by atoms with E-state index in [9.17, 15) is 4.79 Å². The fourth-order valence-corrected chi connectivity index (χ4v) is 1.17. The van der Waals surface area contributed by atoms with Gasteiger partial charge >= 0.3 is 5.97 Å². The summed E-state index contributed by atoms with van der Waals surface area (Å²) in [6, 6.07) is 0. The highest BCUT2D eigenvalue weighted by Gasteiger charge is 2.15. The third-order valence-electron chi connectivity index (χ3n) is 1.60. The lowest BCUT2D eigenvalue weighted by molar-refractivity contribution is -0.137. The first-order valence-corrected chi connectivity index (χ1v) is 5.39. The van der Waals surface area contributed by atoms with Crippen LogP contribution >= 0.6 is 0 Å². The van der Waals surface area contributed by atoms with Gasteiger partial charge in [0.05, 0.1) is 19.3 Å². The maximum absolute atomic E-state index is 11.2. The number of hydrogen-bond acceptors (Lipinski definition) is 3. The summed E-state index contributed by atoms with van der Waals surface area (Å²) in [4.78, 5) is 11.2. The van der Waals surface area contributed by atoms with Gasteiger partial charge < -0.3 is 9.47 Å². The second-order valence-corrected chi connectivity index (χ2v) is 4.53. The minimum Gasteiger partial charge on any atom is -0.498 e. The van der Waals surface area contributed by atoms with E-state index in [-0.39, 0.29) is 11.4 Å². The van der Waals surface area contributed by atoms with E-state index in [2.05, 4.69) is 20.8 Å². The molecule has 0 radical (unpaired) electrons. The molecule has 0 bridgehead atoms. The molecule has 0 aliphatic heterocycles. The smallest absolute Gasteiger partial charge is 0.334 e. The van der Waals surface area contributed by atoms with Crippen LogP contribution in [0.25, 0.3) is 0 Å². The quantitative estimate of drug-likeness (QED) is 0.401. The Balaban J connectivity index is 4.43. The summed E-state index contributed by atoms with van der Waals surface area (Å²) < 4.78 is 10.2. The number of allylic oxidation sites excluding steroid dienone is 1. The fraction of sp³-hybridized carbons (Fsp3) is 0.750. The molecule has 0 fully saturated rings. The molecule has 3 heteroatoms. The molecule has 0 heterocycles. The van der Waals surface area contributed by atoms with Gasteiger partial charge in [-0.2, -0.15) is 0 Å². The van der Waals surface area contributed by atoms with Crippen molar-refractivity contribution in [3.05, 3.63) is 11.8 Å². The van der Waals surface area contributed by atoms with Crippen LogP contribution in [0.4, 0.5) is 0 Å². The first kappa shape index (κ1) is 14.0. The van der Waals surface area contributed by atoms with E-state index in [1.165, 1.54) is 6.08 Å². The SMILES string of the molecule is CCOC(=O)/C=C(/CC(C)(C)C)OCC. The van der Waals surface area contributed by atoms with Gasteiger partial charge in [0.25, 0.3) is 0 Å². The van der Waals surface area contributed by atoms with Gasteiger partial charge in [-0.1, -0.05) is 20.8 Å². The third-order valence-corrected chi connectivity index (χ3v) is 1.60. The molecule has 0 aromatic carbocycles. The zero-order valence-electron chi connectivity index (χ0n) is 10.4. The Morgan fingerprint density at radius 3 is 2.07 bits per heavy atom. The van der Waals surface area contributed by atoms with Crippen molar-refractivity contribution in [1.29, 1.82) is 0 Å². The highest BCUT2D eigenvalue weighted by Crippen LogP contribution is 2.24. The second kappa shape index (κ2) is 6.49. The predicted octanol–water partition coefficient (Wildman–Crippen LogP) is 2.91. The van der Waals surface area contributed by atoms with Crippen LogP contribution in [0.1, 0.15) is 41.0 Å². The van der Waals surface area contributed by atoms with Crippen molar-refractivity contribution in [2.75, 3.05) is 13.2 Å². The Bertz CT molecular complexity index is 224. The Morgan fingerprint density at radius 1 is 1.13 bits per heavy atom. The number of rotatable bonds is 5. The van der Waals surface area contributed by atoms with Gasteiger partial charge in [-0.15, -0.1) is 0 Å². The molecule has 0 aromatic heterocycles. The number of carbonyl (C=O) groups excluding carboxylic acids is 1. The maximum Gasteiger partial charge on any atom is 0.334 e. The summed E-state index contributed by atoms with van der Waals surface area (Å²) in [6.45, 7) is 11.0. The highest BCUT2D eigenvalue weighted by molar-refractivity contribution is 5.82. The molecule has 0 atom stereocenters. The predicted molar refractivity (Wildman–Crippen MR) is 60.4 cm³/mol. The summed E-state index contributed by atoms with van der Waals surface area (Å²) >= 11 is 0. The summed E-state index contributed by atoms with van der Waals surface area (Å²) in [5.41, 5.74) is 0.105. The molecule has 0 saturated carbocycles. The average molecular weight is 214 g/mol. The van der Waals surface area contributed by atoms with Crippen molar-refractivity contribution >= 4 is 5.97 Å². The Kier molecular flexibility index (Phi) is 6.06. The fourth-order valence-electron chi connectivity index (χ4n) is 1.17. The molecular weight excluding hydrogens is 192 g/mol. The van der Waals surface area contributed by atoms with Gasteiger partial charge in [0, 0.05) is 6.42 Å². The minimum atomic E-state index is -0.329. The molecule has 0 saturated heterocycles. The largest absolute Gasteiger partial charge is 0.498 e.